The largest absolute Gasteiger partial charge is 0.497 e. The first-order valence-corrected chi connectivity index (χ1v) is 11.6. The predicted molar refractivity (Wildman–Crippen MR) is 125 cm³/mol. The summed E-state index contributed by atoms with van der Waals surface area (Å²) < 4.78 is 38.5. The molecule has 8 heteroatoms. The van der Waals surface area contributed by atoms with Crippen molar-refractivity contribution in [2.75, 3.05) is 17.1 Å². The highest BCUT2D eigenvalue weighted by Crippen LogP contribution is 2.21. The number of sulfonamides is 1. The van der Waals surface area contributed by atoms with E-state index in [0.717, 1.165) is 6.42 Å². The van der Waals surface area contributed by atoms with Crippen molar-refractivity contribution in [3.63, 3.8) is 0 Å². The van der Waals surface area contributed by atoms with Gasteiger partial charge in [0.15, 0.2) is 0 Å². The summed E-state index contributed by atoms with van der Waals surface area (Å²) in [6.45, 7) is 4.02. The van der Waals surface area contributed by atoms with Crippen LogP contribution in [0.25, 0.3) is 0 Å². The van der Waals surface area contributed by atoms with Crippen LogP contribution in [0.2, 0.25) is 0 Å². The van der Waals surface area contributed by atoms with Crippen LogP contribution in [0.5, 0.6) is 11.5 Å². The molecule has 0 radical (unpaired) electrons. The Kier molecular flexibility index (Phi) is 7.37. The SMILES string of the molecule is CCC(C)Oc1ccc(C(=O)Nc2ccc(S(=O)(=O)Nc3ccc(OC)cc3)cc2)cc1. The van der Waals surface area contributed by atoms with E-state index in [1.165, 1.54) is 19.2 Å². The van der Waals surface area contributed by atoms with Crippen molar-refractivity contribution in [2.24, 2.45) is 0 Å². The number of ether oxygens (including phenoxy) is 2. The number of carbonyl (C=O) groups is 1. The Morgan fingerprint density at radius 2 is 1.44 bits per heavy atom. The summed E-state index contributed by atoms with van der Waals surface area (Å²) in [6.07, 6.45) is 0.993. The van der Waals surface area contributed by atoms with Gasteiger partial charge >= 0.3 is 0 Å². The second-order valence-electron chi connectivity index (χ2n) is 7.17. The van der Waals surface area contributed by atoms with E-state index < -0.39 is 10.0 Å². The van der Waals surface area contributed by atoms with E-state index in [0.29, 0.717) is 28.4 Å². The fraction of sp³-hybridized carbons (Fsp3) is 0.208. The molecule has 3 rings (SSSR count). The van der Waals surface area contributed by atoms with E-state index in [4.69, 9.17) is 9.47 Å². The van der Waals surface area contributed by atoms with Gasteiger partial charge in [-0.15, -0.1) is 0 Å². The van der Waals surface area contributed by atoms with E-state index in [2.05, 4.69) is 10.0 Å². The molecule has 0 fully saturated rings. The van der Waals surface area contributed by atoms with Crippen molar-refractivity contribution < 1.29 is 22.7 Å². The third-order valence-corrected chi connectivity index (χ3v) is 6.19. The number of methoxy groups -OCH3 is 1. The van der Waals surface area contributed by atoms with Gasteiger partial charge in [0.05, 0.1) is 18.1 Å². The molecule has 0 saturated heterocycles. The third kappa shape index (κ3) is 6.01. The van der Waals surface area contributed by atoms with Crippen LogP contribution in [-0.4, -0.2) is 27.5 Å². The Hall–Kier alpha value is -3.52. The van der Waals surface area contributed by atoms with Gasteiger partial charge in [0, 0.05) is 16.9 Å². The maximum atomic E-state index is 12.6. The molecule has 0 aliphatic heterocycles. The van der Waals surface area contributed by atoms with Gasteiger partial charge in [0.25, 0.3) is 15.9 Å². The quantitative estimate of drug-likeness (QED) is 0.478. The lowest BCUT2D eigenvalue weighted by atomic mass is 10.2. The van der Waals surface area contributed by atoms with Gasteiger partial charge in [0.1, 0.15) is 11.5 Å². The van der Waals surface area contributed by atoms with Gasteiger partial charge < -0.3 is 14.8 Å². The molecule has 0 heterocycles. The van der Waals surface area contributed by atoms with E-state index in [1.54, 1.807) is 60.7 Å². The molecule has 3 aromatic rings. The molecule has 0 aromatic heterocycles. The highest BCUT2D eigenvalue weighted by Gasteiger charge is 2.15. The molecular formula is C24H26N2O5S. The van der Waals surface area contributed by atoms with Crippen molar-refractivity contribution in [2.45, 2.75) is 31.3 Å². The Labute approximate surface area is 188 Å². The van der Waals surface area contributed by atoms with Gasteiger partial charge in [-0.3, -0.25) is 9.52 Å². The van der Waals surface area contributed by atoms with Gasteiger partial charge in [-0.2, -0.15) is 0 Å². The van der Waals surface area contributed by atoms with E-state index >= 15 is 0 Å². The van der Waals surface area contributed by atoms with Gasteiger partial charge in [-0.25, -0.2) is 8.42 Å². The topological polar surface area (TPSA) is 93.7 Å². The number of nitrogens with one attached hydrogen (secondary N) is 2. The Morgan fingerprint density at radius 3 is 2.00 bits per heavy atom. The van der Waals surface area contributed by atoms with Crippen LogP contribution in [0.3, 0.4) is 0 Å². The molecule has 0 bridgehead atoms. The lowest BCUT2D eigenvalue weighted by Crippen LogP contribution is -2.14. The van der Waals surface area contributed by atoms with Crippen molar-refractivity contribution >= 4 is 27.3 Å². The Balaban J connectivity index is 1.63. The van der Waals surface area contributed by atoms with E-state index in [1.807, 2.05) is 13.8 Å². The van der Waals surface area contributed by atoms with Crippen LogP contribution in [0.15, 0.2) is 77.7 Å². The second kappa shape index (κ2) is 10.2. The average Bonchev–Trinajstić information content (AvgIpc) is 2.80. The van der Waals surface area contributed by atoms with Crippen molar-refractivity contribution in [1.82, 2.24) is 0 Å². The summed E-state index contributed by atoms with van der Waals surface area (Å²) in [5, 5.41) is 2.76. The monoisotopic (exact) mass is 454 g/mol. The summed E-state index contributed by atoms with van der Waals surface area (Å²) >= 11 is 0. The van der Waals surface area contributed by atoms with Gasteiger partial charge in [-0.1, -0.05) is 6.92 Å². The van der Waals surface area contributed by atoms with Crippen molar-refractivity contribution in [3.8, 4) is 11.5 Å². The standard InChI is InChI=1S/C24H26N2O5S/c1-4-17(2)31-22-11-5-18(6-12-22)24(27)25-19-9-15-23(16-10-19)32(28,29)26-20-7-13-21(30-3)14-8-20/h5-17,26H,4H2,1-3H3,(H,25,27). The Bertz CT molecular complexity index is 1140. The molecule has 0 aliphatic rings. The summed E-state index contributed by atoms with van der Waals surface area (Å²) in [5.41, 5.74) is 1.38. The number of carbonyl (C=O) groups excluding carboxylic acids is 1. The number of benzene rings is 3. The molecule has 1 unspecified atom stereocenters. The van der Waals surface area contributed by atoms with Crippen LogP contribution in [-0.2, 0) is 10.0 Å². The number of amides is 1. The summed E-state index contributed by atoms with van der Waals surface area (Å²) in [5.74, 6) is 1.03. The normalized spacial score (nSPS) is 12.0. The predicted octanol–water partition coefficient (Wildman–Crippen LogP) is 4.93. The zero-order valence-electron chi connectivity index (χ0n) is 18.2. The fourth-order valence-corrected chi connectivity index (χ4v) is 3.85. The van der Waals surface area contributed by atoms with Crippen LogP contribution >= 0.6 is 0 Å². The molecule has 0 spiro atoms. The molecule has 168 valence electrons. The fourth-order valence-electron chi connectivity index (χ4n) is 2.79. The van der Waals surface area contributed by atoms with Gasteiger partial charge in [0.2, 0.25) is 0 Å². The molecular weight excluding hydrogens is 428 g/mol. The second-order valence-corrected chi connectivity index (χ2v) is 8.86. The first-order valence-electron chi connectivity index (χ1n) is 10.2. The maximum absolute atomic E-state index is 12.6. The van der Waals surface area contributed by atoms with Crippen LogP contribution in [0, 0.1) is 0 Å². The number of hydrogen-bond acceptors (Lipinski definition) is 5. The average molecular weight is 455 g/mol. The summed E-state index contributed by atoms with van der Waals surface area (Å²) in [4.78, 5) is 12.6. The molecule has 7 nitrogen and oxygen atoms in total. The minimum Gasteiger partial charge on any atom is -0.497 e. The molecule has 2 N–H and O–H groups in total. The number of hydrogen-bond donors (Lipinski definition) is 2. The highest BCUT2D eigenvalue weighted by molar-refractivity contribution is 7.92. The molecule has 3 aromatic carbocycles. The zero-order chi connectivity index (χ0) is 23.1. The molecule has 0 saturated carbocycles. The minimum atomic E-state index is -3.76. The number of rotatable bonds is 9. The summed E-state index contributed by atoms with van der Waals surface area (Å²) in [7, 11) is -2.23. The van der Waals surface area contributed by atoms with Crippen LogP contribution < -0.4 is 19.5 Å². The Morgan fingerprint density at radius 1 is 0.875 bits per heavy atom. The van der Waals surface area contributed by atoms with E-state index in [-0.39, 0.29) is 16.9 Å². The molecule has 1 atom stereocenters. The lowest BCUT2D eigenvalue weighted by molar-refractivity contribution is 0.102. The molecule has 32 heavy (non-hydrogen) atoms. The lowest BCUT2D eigenvalue weighted by Gasteiger charge is -2.13. The smallest absolute Gasteiger partial charge is 0.261 e. The van der Waals surface area contributed by atoms with Crippen LogP contribution in [0.4, 0.5) is 11.4 Å². The third-order valence-electron chi connectivity index (χ3n) is 4.79. The van der Waals surface area contributed by atoms with Crippen LogP contribution in [0.1, 0.15) is 30.6 Å². The first-order chi connectivity index (χ1) is 15.3. The van der Waals surface area contributed by atoms with E-state index in [9.17, 15) is 13.2 Å². The highest BCUT2D eigenvalue weighted by atomic mass is 32.2. The molecule has 0 aliphatic carbocycles. The minimum absolute atomic E-state index is 0.0814. The summed E-state index contributed by atoms with van der Waals surface area (Å²) in [6, 6.07) is 19.4. The first kappa shape index (κ1) is 23.1. The van der Waals surface area contributed by atoms with Gasteiger partial charge in [-0.05, 0) is 86.1 Å². The zero-order valence-corrected chi connectivity index (χ0v) is 19.0. The van der Waals surface area contributed by atoms with Crippen molar-refractivity contribution in [1.29, 1.82) is 0 Å². The molecule has 1 amide bonds. The number of anilines is 2. The maximum Gasteiger partial charge on any atom is 0.261 e. The van der Waals surface area contributed by atoms with Crippen molar-refractivity contribution in [3.05, 3.63) is 78.4 Å².